The Labute approximate surface area is 114 Å². The summed E-state index contributed by atoms with van der Waals surface area (Å²) in [6.45, 7) is -0.373. The molecule has 0 fully saturated rings. The highest BCUT2D eigenvalue weighted by atomic mass is 32.2. The number of rotatable bonds is 6. The second-order valence-electron chi connectivity index (χ2n) is 3.39. The van der Waals surface area contributed by atoms with Gasteiger partial charge in [0.15, 0.2) is 0 Å². The van der Waals surface area contributed by atoms with E-state index >= 15 is 0 Å². The summed E-state index contributed by atoms with van der Waals surface area (Å²) >= 11 is -0.306. The number of benzene rings is 1. The van der Waals surface area contributed by atoms with E-state index < -0.39 is 33.4 Å². The maximum absolute atomic E-state index is 11.9. The Balaban J connectivity index is 2.75. The topological polar surface area (TPSA) is 89.7 Å². The third-order valence-corrected chi connectivity index (χ3v) is 2.71. The highest BCUT2D eigenvalue weighted by molar-refractivity contribution is 8.00. The minimum absolute atomic E-state index is 0.217. The van der Waals surface area contributed by atoms with Crippen molar-refractivity contribution >= 4 is 23.4 Å². The molecule has 1 aromatic carbocycles. The summed E-state index contributed by atoms with van der Waals surface area (Å²) in [7, 11) is 0. The van der Waals surface area contributed by atoms with Crippen LogP contribution in [-0.4, -0.2) is 33.9 Å². The highest BCUT2D eigenvalue weighted by Gasteiger charge is 2.27. The van der Waals surface area contributed by atoms with Gasteiger partial charge in [0.25, 0.3) is 5.69 Å². The van der Waals surface area contributed by atoms with Crippen molar-refractivity contribution in [1.82, 2.24) is 0 Å². The third-order valence-electron chi connectivity index (χ3n) is 2.01. The fourth-order valence-corrected chi connectivity index (χ4v) is 1.63. The lowest BCUT2D eigenvalue weighted by Gasteiger charge is -2.09. The van der Waals surface area contributed by atoms with E-state index in [1.54, 1.807) is 0 Å². The van der Waals surface area contributed by atoms with E-state index in [9.17, 15) is 28.1 Å². The van der Waals surface area contributed by atoms with Crippen molar-refractivity contribution in [2.75, 3.05) is 12.4 Å². The molecule has 0 aliphatic heterocycles. The summed E-state index contributed by atoms with van der Waals surface area (Å²) in [6.07, 6.45) is 0. The first-order chi connectivity index (χ1) is 9.20. The van der Waals surface area contributed by atoms with Crippen LogP contribution in [0.25, 0.3) is 0 Å². The number of carbonyl (C=O) groups is 1. The quantitative estimate of drug-likeness (QED) is 0.493. The third kappa shape index (κ3) is 4.96. The van der Waals surface area contributed by atoms with E-state index in [4.69, 9.17) is 9.84 Å². The first-order valence-corrected chi connectivity index (χ1v) is 6.04. The molecule has 0 amide bonds. The number of halogens is 3. The largest absolute Gasteiger partial charge is 0.492 e. The van der Waals surface area contributed by atoms with Crippen LogP contribution in [0.15, 0.2) is 18.2 Å². The van der Waals surface area contributed by atoms with Crippen molar-refractivity contribution in [3.05, 3.63) is 33.9 Å². The Hall–Kier alpha value is -1.97. The number of nitro groups is 1. The van der Waals surface area contributed by atoms with Gasteiger partial charge in [-0.15, -0.1) is 0 Å². The maximum Gasteiger partial charge on any atom is 0.441 e. The molecule has 0 heterocycles. The average molecular weight is 311 g/mol. The SMILES string of the molecule is O=C(O)c1cc([N+](=O)[O-])ccc1OCCSC(F)(F)F. The number of hydrogen-bond acceptors (Lipinski definition) is 5. The molecule has 6 nitrogen and oxygen atoms in total. The number of nitrogens with zero attached hydrogens (tertiary/aromatic N) is 1. The van der Waals surface area contributed by atoms with Crippen molar-refractivity contribution in [3.63, 3.8) is 0 Å². The normalized spacial score (nSPS) is 11.2. The van der Waals surface area contributed by atoms with Gasteiger partial charge < -0.3 is 9.84 Å². The lowest BCUT2D eigenvalue weighted by atomic mass is 10.2. The van der Waals surface area contributed by atoms with Crippen LogP contribution in [0.4, 0.5) is 18.9 Å². The number of ether oxygens (including phenoxy) is 1. The van der Waals surface area contributed by atoms with Gasteiger partial charge in [0.1, 0.15) is 11.3 Å². The van der Waals surface area contributed by atoms with Crippen molar-refractivity contribution in [1.29, 1.82) is 0 Å². The first kappa shape index (κ1) is 16.1. The van der Waals surface area contributed by atoms with Crippen LogP contribution in [0.2, 0.25) is 0 Å². The number of alkyl halides is 3. The number of thioether (sulfide) groups is 1. The lowest BCUT2D eigenvalue weighted by Crippen LogP contribution is -2.10. The summed E-state index contributed by atoms with van der Waals surface area (Å²) in [6, 6.07) is 2.84. The Morgan fingerprint density at radius 1 is 1.45 bits per heavy atom. The molecule has 0 radical (unpaired) electrons. The van der Waals surface area contributed by atoms with E-state index in [2.05, 4.69) is 0 Å². The van der Waals surface area contributed by atoms with Crippen molar-refractivity contribution in [2.24, 2.45) is 0 Å². The molecule has 20 heavy (non-hydrogen) atoms. The molecule has 1 N–H and O–H groups in total. The van der Waals surface area contributed by atoms with E-state index in [0.29, 0.717) is 0 Å². The second kappa shape index (κ2) is 6.46. The zero-order chi connectivity index (χ0) is 15.3. The van der Waals surface area contributed by atoms with Crippen LogP contribution in [0.1, 0.15) is 10.4 Å². The predicted octanol–water partition coefficient (Wildman–Crippen LogP) is 2.92. The predicted molar refractivity (Wildman–Crippen MR) is 64.1 cm³/mol. The van der Waals surface area contributed by atoms with Gasteiger partial charge in [-0.05, 0) is 17.8 Å². The van der Waals surface area contributed by atoms with E-state index in [-0.39, 0.29) is 24.1 Å². The lowest BCUT2D eigenvalue weighted by molar-refractivity contribution is -0.384. The van der Waals surface area contributed by atoms with Gasteiger partial charge in [-0.1, -0.05) is 0 Å². The van der Waals surface area contributed by atoms with Gasteiger partial charge in [0, 0.05) is 17.9 Å². The van der Waals surface area contributed by atoms with Gasteiger partial charge in [0.2, 0.25) is 0 Å². The molecule has 0 saturated heterocycles. The number of carboxylic acids is 1. The summed E-state index contributed by atoms with van der Waals surface area (Å²) in [5, 5.41) is 19.4. The maximum atomic E-state index is 11.9. The molecule has 0 bridgehead atoms. The monoisotopic (exact) mass is 311 g/mol. The van der Waals surface area contributed by atoms with Gasteiger partial charge in [-0.2, -0.15) is 13.2 Å². The molecule has 0 aliphatic rings. The molecule has 0 saturated carbocycles. The summed E-state index contributed by atoms with van der Waals surface area (Å²) < 4.78 is 40.5. The minimum Gasteiger partial charge on any atom is -0.492 e. The van der Waals surface area contributed by atoms with Crippen LogP contribution in [-0.2, 0) is 0 Å². The van der Waals surface area contributed by atoms with E-state index in [1.807, 2.05) is 0 Å². The molecular formula is C10H8F3NO5S. The smallest absolute Gasteiger partial charge is 0.441 e. The molecule has 0 atom stereocenters. The van der Waals surface area contributed by atoms with Crippen molar-refractivity contribution in [2.45, 2.75) is 5.51 Å². The number of nitro benzene ring substituents is 1. The molecular weight excluding hydrogens is 303 g/mol. The van der Waals surface area contributed by atoms with Gasteiger partial charge in [0.05, 0.1) is 11.5 Å². The molecule has 10 heteroatoms. The van der Waals surface area contributed by atoms with Crippen LogP contribution in [0, 0.1) is 10.1 Å². The number of carboxylic acid groups (broad SMARTS) is 1. The van der Waals surface area contributed by atoms with Gasteiger partial charge >= 0.3 is 11.5 Å². The van der Waals surface area contributed by atoms with Crippen LogP contribution in [0.5, 0.6) is 5.75 Å². The van der Waals surface area contributed by atoms with Crippen molar-refractivity contribution < 1.29 is 32.7 Å². The van der Waals surface area contributed by atoms with Gasteiger partial charge in [-0.25, -0.2) is 4.79 Å². The molecule has 0 spiro atoms. The number of aromatic carboxylic acids is 1. The van der Waals surface area contributed by atoms with Crippen LogP contribution < -0.4 is 4.74 Å². The zero-order valence-electron chi connectivity index (χ0n) is 9.72. The Morgan fingerprint density at radius 3 is 2.60 bits per heavy atom. The fourth-order valence-electron chi connectivity index (χ4n) is 1.23. The molecule has 1 aromatic rings. The summed E-state index contributed by atoms with van der Waals surface area (Å²) in [5.74, 6) is -2.10. The zero-order valence-corrected chi connectivity index (χ0v) is 10.5. The molecule has 1 rings (SSSR count). The molecule has 0 aromatic heterocycles. The first-order valence-electron chi connectivity index (χ1n) is 5.06. The van der Waals surface area contributed by atoms with Crippen LogP contribution in [0.3, 0.4) is 0 Å². The van der Waals surface area contributed by atoms with Crippen LogP contribution >= 0.6 is 11.8 Å². The Bertz CT molecular complexity index is 520. The van der Waals surface area contributed by atoms with Crippen molar-refractivity contribution in [3.8, 4) is 5.75 Å². The summed E-state index contributed by atoms with van der Waals surface area (Å²) in [4.78, 5) is 20.6. The summed E-state index contributed by atoms with van der Waals surface area (Å²) in [5.41, 5.74) is -5.32. The molecule has 0 unspecified atom stereocenters. The number of non-ortho nitro benzene ring substituents is 1. The molecule has 0 aliphatic carbocycles. The Kier molecular flexibility index (Phi) is 5.19. The highest BCUT2D eigenvalue weighted by Crippen LogP contribution is 2.30. The van der Waals surface area contributed by atoms with Gasteiger partial charge in [-0.3, -0.25) is 10.1 Å². The fraction of sp³-hybridized carbons (Fsp3) is 0.300. The standard InChI is InChI=1S/C10H8F3NO5S/c11-10(12,13)20-4-3-19-8-2-1-6(14(17)18)5-7(8)9(15)16/h1-2,5H,3-4H2,(H,15,16). The average Bonchev–Trinajstić information content (AvgIpc) is 2.33. The van der Waals surface area contributed by atoms with E-state index in [1.165, 1.54) is 0 Å². The Morgan fingerprint density at radius 2 is 2.10 bits per heavy atom. The van der Waals surface area contributed by atoms with E-state index in [0.717, 1.165) is 18.2 Å². The minimum atomic E-state index is -4.39. The number of hydrogen-bond donors (Lipinski definition) is 1. The molecule has 110 valence electrons. The second-order valence-corrected chi connectivity index (χ2v) is 4.55.